The molecule has 0 spiro atoms. The molecule has 98 valence electrons. The predicted octanol–water partition coefficient (Wildman–Crippen LogP) is 2.78. The lowest BCUT2D eigenvalue weighted by molar-refractivity contribution is -0.385. The van der Waals surface area contributed by atoms with E-state index in [0.717, 1.165) is 0 Å². The van der Waals surface area contributed by atoms with E-state index in [1.54, 1.807) is 17.9 Å². The number of nitrogens with one attached hydrogen (secondary N) is 1. The van der Waals surface area contributed by atoms with Crippen LogP contribution in [-0.4, -0.2) is 28.9 Å². The van der Waals surface area contributed by atoms with E-state index in [4.69, 9.17) is 0 Å². The summed E-state index contributed by atoms with van der Waals surface area (Å²) in [7, 11) is 0. The molecule has 6 heteroatoms. The maximum Gasteiger partial charge on any atom is 0.321 e. The first kappa shape index (κ1) is 14.0. The van der Waals surface area contributed by atoms with Crippen LogP contribution in [0.15, 0.2) is 18.2 Å². The van der Waals surface area contributed by atoms with Gasteiger partial charge < -0.3 is 10.2 Å². The second-order valence-corrected chi connectivity index (χ2v) is 3.86. The number of carbonyl (C=O) groups excluding carboxylic acids is 1. The Morgan fingerprint density at radius 1 is 1.39 bits per heavy atom. The maximum atomic E-state index is 11.8. The highest BCUT2D eigenvalue weighted by Crippen LogP contribution is 2.21. The molecule has 0 saturated carbocycles. The molecule has 0 fully saturated rings. The summed E-state index contributed by atoms with van der Waals surface area (Å²) in [5.74, 6) is 0. The first-order valence-corrected chi connectivity index (χ1v) is 5.80. The average Bonchev–Trinajstić information content (AvgIpc) is 2.30. The fourth-order valence-corrected chi connectivity index (χ4v) is 1.65. The van der Waals surface area contributed by atoms with E-state index in [2.05, 4.69) is 5.32 Å². The lowest BCUT2D eigenvalue weighted by atomic mass is 10.2. The molecular weight excluding hydrogens is 234 g/mol. The Morgan fingerprint density at radius 2 is 2.00 bits per heavy atom. The molecule has 0 radical (unpaired) electrons. The second-order valence-electron chi connectivity index (χ2n) is 3.86. The van der Waals surface area contributed by atoms with Crippen LogP contribution in [0.25, 0.3) is 0 Å². The van der Waals surface area contributed by atoms with Crippen LogP contribution in [0.3, 0.4) is 0 Å². The minimum Gasteiger partial charge on any atom is -0.325 e. The monoisotopic (exact) mass is 251 g/mol. The Labute approximate surface area is 106 Å². The molecule has 1 aromatic carbocycles. The van der Waals surface area contributed by atoms with E-state index in [-0.39, 0.29) is 11.7 Å². The summed E-state index contributed by atoms with van der Waals surface area (Å²) in [5, 5.41) is 13.4. The highest BCUT2D eigenvalue weighted by Gasteiger charge is 2.13. The Bertz CT molecular complexity index is 456. The zero-order valence-corrected chi connectivity index (χ0v) is 10.8. The molecule has 0 atom stereocenters. The molecule has 0 unspecified atom stereocenters. The number of anilines is 1. The van der Waals surface area contributed by atoms with Gasteiger partial charge in [0.2, 0.25) is 0 Å². The van der Waals surface area contributed by atoms with Crippen LogP contribution in [0.1, 0.15) is 19.4 Å². The summed E-state index contributed by atoms with van der Waals surface area (Å²) < 4.78 is 0. The molecule has 0 aromatic heterocycles. The summed E-state index contributed by atoms with van der Waals surface area (Å²) in [6.07, 6.45) is 0. The predicted molar refractivity (Wildman–Crippen MR) is 69.8 cm³/mol. The fourth-order valence-electron chi connectivity index (χ4n) is 1.65. The van der Waals surface area contributed by atoms with Gasteiger partial charge in [-0.05, 0) is 32.9 Å². The Balaban J connectivity index is 2.83. The van der Waals surface area contributed by atoms with Gasteiger partial charge in [-0.15, -0.1) is 0 Å². The van der Waals surface area contributed by atoms with E-state index in [1.165, 1.54) is 12.1 Å². The van der Waals surface area contributed by atoms with Crippen molar-refractivity contribution in [2.45, 2.75) is 20.8 Å². The minimum absolute atomic E-state index is 0.0517. The van der Waals surface area contributed by atoms with E-state index in [1.807, 2.05) is 13.8 Å². The number of carbonyl (C=O) groups is 1. The van der Waals surface area contributed by atoms with E-state index in [0.29, 0.717) is 24.3 Å². The summed E-state index contributed by atoms with van der Waals surface area (Å²) in [4.78, 5) is 23.6. The second kappa shape index (κ2) is 6.00. The van der Waals surface area contributed by atoms with Gasteiger partial charge in [-0.25, -0.2) is 4.79 Å². The molecule has 1 aromatic rings. The number of nitrogens with zero attached hydrogens (tertiary/aromatic N) is 2. The molecule has 0 saturated heterocycles. The van der Waals surface area contributed by atoms with Crippen molar-refractivity contribution < 1.29 is 9.72 Å². The SMILES string of the molecule is CCN(CC)C(=O)Nc1ccc([N+](=O)[O-])c(C)c1. The van der Waals surface area contributed by atoms with Crippen molar-refractivity contribution in [1.82, 2.24) is 4.90 Å². The normalized spacial score (nSPS) is 9.94. The van der Waals surface area contributed by atoms with Gasteiger partial charge in [0.05, 0.1) is 4.92 Å². The van der Waals surface area contributed by atoms with Crippen molar-refractivity contribution in [2.24, 2.45) is 0 Å². The van der Waals surface area contributed by atoms with Gasteiger partial charge in [-0.3, -0.25) is 10.1 Å². The molecule has 1 N–H and O–H groups in total. The number of rotatable bonds is 4. The van der Waals surface area contributed by atoms with Gasteiger partial charge >= 0.3 is 6.03 Å². The van der Waals surface area contributed by atoms with Crippen LogP contribution in [0.4, 0.5) is 16.2 Å². The van der Waals surface area contributed by atoms with Gasteiger partial charge in [-0.2, -0.15) is 0 Å². The van der Waals surface area contributed by atoms with E-state index in [9.17, 15) is 14.9 Å². The first-order valence-electron chi connectivity index (χ1n) is 5.80. The number of amides is 2. The van der Waals surface area contributed by atoms with Crippen molar-refractivity contribution in [1.29, 1.82) is 0 Å². The molecule has 0 aliphatic rings. The van der Waals surface area contributed by atoms with Crippen molar-refractivity contribution in [3.8, 4) is 0 Å². The number of hydrogen-bond acceptors (Lipinski definition) is 3. The molecule has 6 nitrogen and oxygen atoms in total. The summed E-state index contributed by atoms with van der Waals surface area (Å²) in [6.45, 7) is 6.67. The third-order valence-corrected chi connectivity index (χ3v) is 2.70. The van der Waals surface area contributed by atoms with Crippen molar-refractivity contribution >= 4 is 17.4 Å². The number of hydrogen-bond donors (Lipinski definition) is 1. The van der Waals surface area contributed by atoms with Gasteiger partial charge in [-0.1, -0.05) is 0 Å². The summed E-state index contributed by atoms with van der Waals surface area (Å²) in [5.41, 5.74) is 1.14. The standard InChI is InChI=1S/C12H17N3O3/c1-4-14(5-2)12(16)13-10-6-7-11(15(17)18)9(3)8-10/h6-8H,4-5H2,1-3H3,(H,13,16). The van der Waals surface area contributed by atoms with Crippen LogP contribution in [0, 0.1) is 17.0 Å². The topological polar surface area (TPSA) is 75.5 Å². The van der Waals surface area contributed by atoms with Crippen molar-refractivity contribution in [3.05, 3.63) is 33.9 Å². The maximum absolute atomic E-state index is 11.8. The average molecular weight is 251 g/mol. The Kier molecular flexibility index (Phi) is 4.65. The van der Waals surface area contributed by atoms with Crippen molar-refractivity contribution in [3.63, 3.8) is 0 Å². The van der Waals surface area contributed by atoms with Gasteiger partial charge in [0.15, 0.2) is 0 Å². The number of nitro groups is 1. The van der Waals surface area contributed by atoms with Crippen LogP contribution in [-0.2, 0) is 0 Å². The largest absolute Gasteiger partial charge is 0.325 e. The molecular formula is C12H17N3O3. The number of aryl methyl sites for hydroxylation is 1. The first-order chi connectivity index (χ1) is 8.49. The fraction of sp³-hybridized carbons (Fsp3) is 0.417. The van der Waals surface area contributed by atoms with Gasteiger partial charge in [0.25, 0.3) is 5.69 Å². The van der Waals surface area contributed by atoms with Crippen LogP contribution in [0.2, 0.25) is 0 Å². The van der Waals surface area contributed by atoms with Gasteiger partial charge in [0, 0.05) is 30.4 Å². The molecule has 2 amide bonds. The summed E-state index contributed by atoms with van der Waals surface area (Å²) in [6, 6.07) is 4.33. The minimum atomic E-state index is -0.439. The number of urea groups is 1. The molecule has 0 aliphatic heterocycles. The number of nitro benzene ring substituents is 1. The molecule has 18 heavy (non-hydrogen) atoms. The van der Waals surface area contributed by atoms with Crippen LogP contribution < -0.4 is 5.32 Å². The highest BCUT2D eigenvalue weighted by molar-refractivity contribution is 5.89. The Morgan fingerprint density at radius 3 is 2.44 bits per heavy atom. The van der Waals surface area contributed by atoms with E-state index < -0.39 is 4.92 Å². The number of benzene rings is 1. The third kappa shape index (κ3) is 3.19. The third-order valence-electron chi connectivity index (χ3n) is 2.70. The molecule has 0 bridgehead atoms. The van der Waals surface area contributed by atoms with Crippen LogP contribution in [0.5, 0.6) is 0 Å². The summed E-state index contributed by atoms with van der Waals surface area (Å²) >= 11 is 0. The molecule has 0 aliphatic carbocycles. The zero-order chi connectivity index (χ0) is 13.7. The zero-order valence-electron chi connectivity index (χ0n) is 10.8. The molecule has 1 rings (SSSR count). The van der Waals surface area contributed by atoms with Crippen LogP contribution >= 0.6 is 0 Å². The van der Waals surface area contributed by atoms with Gasteiger partial charge in [0.1, 0.15) is 0 Å². The Hall–Kier alpha value is -2.11. The smallest absolute Gasteiger partial charge is 0.321 e. The highest BCUT2D eigenvalue weighted by atomic mass is 16.6. The quantitative estimate of drug-likeness (QED) is 0.660. The lowest BCUT2D eigenvalue weighted by Gasteiger charge is -2.19. The lowest BCUT2D eigenvalue weighted by Crippen LogP contribution is -2.34. The molecule has 0 heterocycles. The van der Waals surface area contributed by atoms with E-state index >= 15 is 0 Å². The van der Waals surface area contributed by atoms with Crippen molar-refractivity contribution in [2.75, 3.05) is 18.4 Å².